The molecule has 0 unspecified atom stereocenters. The fourth-order valence-corrected chi connectivity index (χ4v) is 3.67. The summed E-state index contributed by atoms with van der Waals surface area (Å²) in [5.41, 5.74) is 3.10. The minimum Gasteiger partial charge on any atom is -0.381 e. The molecule has 2 N–H and O–H groups in total. The van der Waals surface area contributed by atoms with Gasteiger partial charge in [0.25, 0.3) is 0 Å². The van der Waals surface area contributed by atoms with Crippen LogP contribution in [-0.2, 0) is 11.3 Å². The van der Waals surface area contributed by atoms with Gasteiger partial charge in [-0.25, -0.2) is 0 Å². The minimum atomic E-state index is 0.0711. The summed E-state index contributed by atoms with van der Waals surface area (Å²) in [7, 11) is 0. The lowest BCUT2D eigenvalue weighted by Crippen LogP contribution is -2.33. The van der Waals surface area contributed by atoms with Crippen molar-refractivity contribution in [3.63, 3.8) is 0 Å². The van der Waals surface area contributed by atoms with E-state index in [2.05, 4.69) is 43.6 Å². The van der Waals surface area contributed by atoms with Gasteiger partial charge in [-0.1, -0.05) is 40.9 Å². The van der Waals surface area contributed by atoms with E-state index in [1.807, 2.05) is 36.4 Å². The predicted molar refractivity (Wildman–Crippen MR) is 111 cm³/mol. The number of carbonyl (C=O) groups excluding carboxylic acids is 1. The van der Waals surface area contributed by atoms with E-state index in [1.54, 1.807) is 0 Å². The van der Waals surface area contributed by atoms with E-state index in [1.165, 1.54) is 31.2 Å². The Hall–Kier alpha value is -1.85. The zero-order chi connectivity index (χ0) is 18.2. The monoisotopic (exact) mass is 415 g/mol. The zero-order valence-corrected chi connectivity index (χ0v) is 16.6. The van der Waals surface area contributed by atoms with Gasteiger partial charge in [0.1, 0.15) is 0 Å². The quantitative estimate of drug-likeness (QED) is 0.706. The smallest absolute Gasteiger partial charge is 0.238 e. The lowest BCUT2D eigenvalue weighted by Gasteiger charge is -2.19. The van der Waals surface area contributed by atoms with Crippen LogP contribution in [0.5, 0.6) is 0 Å². The Kier molecular flexibility index (Phi) is 7.09. The molecule has 1 heterocycles. The summed E-state index contributed by atoms with van der Waals surface area (Å²) in [4.78, 5) is 14.5. The van der Waals surface area contributed by atoms with E-state index in [0.29, 0.717) is 6.54 Å². The summed E-state index contributed by atoms with van der Waals surface area (Å²) in [6, 6.07) is 16.1. The van der Waals surface area contributed by atoms with Gasteiger partial charge in [-0.2, -0.15) is 0 Å². The van der Waals surface area contributed by atoms with Gasteiger partial charge in [0, 0.05) is 22.4 Å². The molecule has 0 aromatic heterocycles. The first-order valence-corrected chi connectivity index (χ1v) is 10.1. The molecule has 0 saturated carbocycles. The standard InChI is InChI=1S/C21H26BrN3O/c22-18-7-5-6-17(14-18)15-23-19-8-10-20(11-9-19)24-21(26)16-25-12-3-1-2-4-13-25/h5-11,14,23H,1-4,12-13,15-16H2,(H,24,26). The second-order valence-corrected chi connectivity index (χ2v) is 7.72. The predicted octanol–water partition coefficient (Wildman–Crippen LogP) is 4.88. The Bertz CT molecular complexity index is 709. The molecular weight excluding hydrogens is 390 g/mol. The van der Waals surface area contributed by atoms with Crippen LogP contribution in [-0.4, -0.2) is 30.4 Å². The fourth-order valence-electron chi connectivity index (χ4n) is 3.22. The van der Waals surface area contributed by atoms with Crippen molar-refractivity contribution in [3.8, 4) is 0 Å². The van der Waals surface area contributed by atoms with Crippen molar-refractivity contribution in [2.24, 2.45) is 0 Å². The molecule has 1 saturated heterocycles. The topological polar surface area (TPSA) is 44.4 Å². The van der Waals surface area contributed by atoms with Crippen LogP contribution in [0.3, 0.4) is 0 Å². The van der Waals surface area contributed by atoms with Crippen molar-refractivity contribution >= 4 is 33.2 Å². The van der Waals surface area contributed by atoms with Gasteiger partial charge in [-0.05, 0) is 67.9 Å². The van der Waals surface area contributed by atoms with Gasteiger partial charge >= 0.3 is 0 Å². The van der Waals surface area contributed by atoms with Crippen LogP contribution in [0, 0.1) is 0 Å². The molecular formula is C21H26BrN3O. The summed E-state index contributed by atoms with van der Waals surface area (Å²) in [6.45, 7) is 3.32. The number of halogens is 1. The van der Waals surface area contributed by atoms with Crippen LogP contribution in [0.1, 0.15) is 31.2 Å². The highest BCUT2D eigenvalue weighted by Crippen LogP contribution is 2.17. The SMILES string of the molecule is O=C(CN1CCCCCC1)Nc1ccc(NCc2cccc(Br)c2)cc1. The number of hydrogen-bond donors (Lipinski definition) is 2. The third-order valence-electron chi connectivity index (χ3n) is 4.62. The molecule has 2 aromatic carbocycles. The van der Waals surface area contributed by atoms with Crippen molar-refractivity contribution in [1.29, 1.82) is 0 Å². The van der Waals surface area contributed by atoms with Gasteiger partial charge in [-0.15, -0.1) is 0 Å². The molecule has 138 valence electrons. The summed E-state index contributed by atoms with van der Waals surface area (Å²) >= 11 is 3.49. The highest BCUT2D eigenvalue weighted by molar-refractivity contribution is 9.10. The van der Waals surface area contributed by atoms with Crippen molar-refractivity contribution in [2.45, 2.75) is 32.2 Å². The van der Waals surface area contributed by atoms with Crippen molar-refractivity contribution in [3.05, 3.63) is 58.6 Å². The van der Waals surface area contributed by atoms with Gasteiger partial charge in [0.2, 0.25) is 5.91 Å². The molecule has 5 heteroatoms. The Morgan fingerprint density at radius 1 is 0.962 bits per heavy atom. The number of nitrogens with zero attached hydrogens (tertiary/aromatic N) is 1. The second kappa shape index (κ2) is 9.74. The third-order valence-corrected chi connectivity index (χ3v) is 5.11. The number of rotatable bonds is 6. The van der Waals surface area contributed by atoms with Crippen molar-refractivity contribution < 1.29 is 4.79 Å². The highest BCUT2D eigenvalue weighted by Gasteiger charge is 2.12. The van der Waals surface area contributed by atoms with Crippen LogP contribution in [0.4, 0.5) is 11.4 Å². The Morgan fingerprint density at radius 3 is 2.35 bits per heavy atom. The largest absolute Gasteiger partial charge is 0.381 e. The molecule has 0 aliphatic carbocycles. The van der Waals surface area contributed by atoms with Gasteiger partial charge in [-0.3, -0.25) is 9.69 Å². The van der Waals surface area contributed by atoms with E-state index in [9.17, 15) is 4.79 Å². The van der Waals surface area contributed by atoms with Gasteiger partial charge < -0.3 is 10.6 Å². The molecule has 2 aromatic rings. The number of hydrogen-bond acceptors (Lipinski definition) is 3. The summed E-state index contributed by atoms with van der Waals surface area (Å²) < 4.78 is 1.08. The number of amides is 1. The Balaban J connectivity index is 1.46. The van der Waals surface area contributed by atoms with Crippen LogP contribution in [0.15, 0.2) is 53.0 Å². The molecule has 1 aliphatic rings. The molecule has 0 bridgehead atoms. The first kappa shape index (κ1) is 18.9. The fraction of sp³-hybridized carbons (Fsp3) is 0.381. The minimum absolute atomic E-state index is 0.0711. The van der Waals surface area contributed by atoms with E-state index >= 15 is 0 Å². The van der Waals surface area contributed by atoms with E-state index in [4.69, 9.17) is 0 Å². The lowest BCUT2D eigenvalue weighted by molar-refractivity contribution is -0.117. The number of carbonyl (C=O) groups is 1. The first-order valence-electron chi connectivity index (χ1n) is 9.30. The van der Waals surface area contributed by atoms with Crippen LogP contribution in [0.2, 0.25) is 0 Å². The summed E-state index contributed by atoms with van der Waals surface area (Å²) in [5, 5.41) is 6.40. The average molecular weight is 416 g/mol. The number of benzene rings is 2. The number of likely N-dealkylation sites (tertiary alicyclic amines) is 1. The summed E-state index contributed by atoms with van der Waals surface area (Å²) in [6.07, 6.45) is 4.97. The summed E-state index contributed by atoms with van der Waals surface area (Å²) in [5.74, 6) is 0.0711. The molecule has 3 rings (SSSR count). The second-order valence-electron chi connectivity index (χ2n) is 6.80. The molecule has 1 fully saturated rings. The maximum Gasteiger partial charge on any atom is 0.238 e. The molecule has 0 spiro atoms. The van der Waals surface area contributed by atoms with E-state index < -0.39 is 0 Å². The average Bonchev–Trinajstić information content (AvgIpc) is 2.90. The maximum atomic E-state index is 12.2. The third kappa shape index (κ3) is 6.15. The first-order chi connectivity index (χ1) is 12.7. The molecule has 0 atom stereocenters. The van der Waals surface area contributed by atoms with Crippen LogP contribution in [0.25, 0.3) is 0 Å². The highest BCUT2D eigenvalue weighted by atomic mass is 79.9. The molecule has 0 radical (unpaired) electrons. The van der Waals surface area contributed by atoms with Gasteiger partial charge in [0.15, 0.2) is 0 Å². The molecule has 26 heavy (non-hydrogen) atoms. The number of anilines is 2. The normalized spacial score (nSPS) is 15.3. The van der Waals surface area contributed by atoms with Gasteiger partial charge in [0.05, 0.1) is 6.54 Å². The van der Waals surface area contributed by atoms with Crippen molar-refractivity contribution in [2.75, 3.05) is 30.3 Å². The lowest BCUT2D eigenvalue weighted by atomic mass is 10.2. The molecule has 1 aliphatic heterocycles. The molecule has 4 nitrogen and oxygen atoms in total. The van der Waals surface area contributed by atoms with Crippen molar-refractivity contribution in [1.82, 2.24) is 4.90 Å². The maximum absolute atomic E-state index is 12.2. The number of nitrogens with one attached hydrogen (secondary N) is 2. The zero-order valence-electron chi connectivity index (χ0n) is 15.0. The Labute approximate surface area is 164 Å². The Morgan fingerprint density at radius 2 is 1.65 bits per heavy atom. The van der Waals surface area contributed by atoms with Crippen LogP contribution >= 0.6 is 15.9 Å². The van der Waals surface area contributed by atoms with Crippen LogP contribution < -0.4 is 10.6 Å². The van der Waals surface area contributed by atoms with E-state index in [-0.39, 0.29) is 5.91 Å². The molecule has 1 amide bonds. The van der Waals surface area contributed by atoms with E-state index in [0.717, 1.165) is 35.5 Å².